The van der Waals surface area contributed by atoms with E-state index in [1.165, 1.54) is 18.2 Å². The molecule has 4 rings (SSSR count). The predicted molar refractivity (Wildman–Crippen MR) is 119 cm³/mol. The number of amides is 1. The number of halogens is 6. The van der Waals surface area contributed by atoms with Crippen molar-refractivity contribution in [2.24, 2.45) is 0 Å². The van der Waals surface area contributed by atoms with Crippen molar-refractivity contribution in [1.29, 1.82) is 0 Å². The van der Waals surface area contributed by atoms with E-state index in [1.807, 2.05) is 19.1 Å². The Bertz CT molecular complexity index is 1180. The Balaban J connectivity index is 1.69. The summed E-state index contributed by atoms with van der Waals surface area (Å²) in [6.07, 6.45) is -4.89. The molecule has 1 aliphatic rings. The number of aryl methyl sites for hydroxylation is 1. The van der Waals surface area contributed by atoms with Gasteiger partial charge in [0.05, 0.1) is 16.1 Å². The Morgan fingerprint density at radius 1 is 1.12 bits per heavy atom. The molecule has 0 spiro atoms. The minimum absolute atomic E-state index is 0.0647. The van der Waals surface area contributed by atoms with E-state index in [1.54, 1.807) is 12.1 Å². The summed E-state index contributed by atoms with van der Waals surface area (Å²) < 4.78 is 42.4. The van der Waals surface area contributed by atoms with E-state index in [0.717, 1.165) is 10.2 Å². The first-order valence-electron chi connectivity index (χ1n) is 9.49. The maximum absolute atomic E-state index is 13.9. The van der Waals surface area contributed by atoms with Crippen LogP contribution in [-0.2, 0) is 0 Å². The average Bonchev–Trinajstić information content (AvgIpc) is 3.06. The molecule has 5 nitrogen and oxygen atoms in total. The fourth-order valence-corrected chi connectivity index (χ4v) is 4.08. The smallest absolute Gasteiger partial charge is 0.362 e. The van der Waals surface area contributed by atoms with Gasteiger partial charge in [-0.25, -0.2) is 4.68 Å². The summed E-state index contributed by atoms with van der Waals surface area (Å²) in [7, 11) is 0. The number of anilines is 2. The number of benzene rings is 2. The molecule has 3 aromatic rings. The zero-order valence-corrected chi connectivity index (χ0v) is 18.7. The van der Waals surface area contributed by atoms with Crippen molar-refractivity contribution < 1.29 is 18.0 Å². The molecule has 11 heteroatoms. The Labute approximate surface area is 196 Å². The number of nitrogens with zero attached hydrogens (tertiary/aromatic N) is 2. The molecule has 2 heterocycles. The van der Waals surface area contributed by atoms with Crippen LogP contribution in [0, 0.1) is 6.92 Å². The summed E-state index contributed by atoms with van der Waals surface area (Å²) in [6, 6.07) is 8.95. The van der Waals surface area contributed by atoms with Gasteiger partial charge < -0.3 is 10.6 Å². The number of carbonyl (C=O) groups excluding carboxylic acids is 1. The normalized spacial score (nSPS) is 18.1. The molecule has 0 aliphatic carbocycles. The third-order valence-corrected chi connectivity index (χ3v) is 6.26. The fourth-order valence-electron chi connectivity index (χ4n) is 3.52. The highest BCUT2D eigenvalue weighted by Gasteiger charge is 2.47. The van der Waals surface area contributed by atoms with Crippen LogP contribution >= 0.6 is 34.8 Å². The Kier molecular flexibility index (Phi) is 6.04. The number of alkyl halides is 3. The third kappa shape index (κ3) is 4.40. The fraction of sp³-hybridized carbons (Fsp3) is 0.238. The molecule has 0 saturated heterocycles. The summed E-state index contributed by atoms with van der Waals surface area (Å²) in [5, 5.41) is 9.74. The molecule has 0 saturated carbocycles. The van der Waals surface area contributed by atoms with Gasteiger partial charge in [-0.1, -0.05) is 64.6 Å². The van der Waals surface area contributed by atoms with E-state index in [4.69, 9.17) is 34.8 Å². The second-order valence-corrected chi connectivity index (χ2v) is 8.63. The van der Waals surface area contributed by atoms with Crippen LogP contribution in [0.15, 0.2) is 42.5 Å². The molecular weight excluding hydrogens is 488 g/mol. The number of hydrogen-bond acceptors (Lipinski definition) is 3. The minimum Gasteiger partial charge on any atom is -0.362 e. The second kappa shape index (κ2) is 8.50. The molecular formula is C21H16Cl3F3N4O. The monoisotopic (exact) mass is 502 g/mol. The van der Waals surface area contributed by atoms with Gasteiger partial charge in [-0.2, -0.15) is 18.3 Å². The van der Waals surface area contributed by atoms with Crippen molar-refractivity contribution in [2.75, 3.05) is 10.6 Å². The number of hydrogen-bond donors (Lipinski definition) is 2. The quantitative estimate of drug-likeness (QED) is 0.402. The van der Waals surface area contributed by atoms with Crippen LogP contribution in [0.1, 0.15) is 40.1 Å². The molecule has 0 bridgehead atoms. The van der Waals surface area contributed by atoms with Crippen molar-refractivity contribution in [1.82, 2.24) is 9.78 Å². The van der Waals surface area contributed by atoms with E-state index in [2.05, 4.69) is 15.7 Å². The van der Waals surface area contributed by atoms with E-state index in [-0.39, 0.29) is 28.0 Å². The first-order chi connectivity index (χ1) is 15.0. The average molecular weight is 504 g/mol. The van der Waals surface area contributed by atoms with Gasteiger partial charge in [-0.3, -0.25) is 4.79 Å². The van der Waals surface area contributed by atoms with Crippen LogP contribution in [-0.4, -0.2) is 21.9 Å². The van der Waals surface area contributed by atoms with Gasteiger partial charge in [-0.15, -0.1) is 0 Å². The number of fused-ring (bicyclic) bond motifs is 1. The highest BCUT2D eigenvalue weighted by molar-refractivity contribution is 6.42. The van der Waals surface area contributed by atoms with Crippen molar-refractivity contribution >= 4 is 52.2 Å². The number of carbonyl (C=O) groups is 1. The zero-order chi connectivity index (χ0) is 23.2. The SMILES string of the molecule is Cc1ccc([C@@H]2C[C@H](C(F)(F)F)n3nc(C(=O)Nc4ccc(Cl)c(Cl)c4)c(Cl)c3N2)cc1. The van der Waals surface area contributed by atoms with Gasteiger partial charge in [0.15, 0.2) is 11.7 Å². The van der Waals surface area contributed by atoms with Crippen molar-refractivity contribution in [3.63, 3.8) is 0 Å². The molecule has 0 radical (unpaired) electrons. The van der Waals surface area contributed by atoms with Gasteiger partial charge >= 0.3 is 6.18 Å². The van der Waals surface area contributed by atoms with Gasteiger partial charge in [0, 0.05) is 12.1 Å². The third-order valence-electron chi connectivity index (χ3n) is 5.17. The maximum atomic E-state index is 13.9. The van der Waals surface area contributed by atoms with Crippen molar-refractivity contribution in [3.05, 3.63) is 74.4 Å². The van der Waals surface area contributed by atoms with Crippen molar-refractivity contribution in [3.8, 4) is 0 Å². The number of nitrogens with one attached hydrogen (secondary N) is 2. The first kappa shape index (κ1) is 22.8. The zero-order valence-electron chi connectivity index (χ0n) is 16.5. The highest BCUT2D eigenvalue weighted by Crippen LogP contribution is 2.46. The lowest BCUT2D eigenvalue weighted by Crippen LogP contribution is -2.35. The van der Waals surface area contributed by atoms with Gasteiger partial charge in [-0.05, 0) is 30.7 Å². The topological polar surface area (TPSA) is 59.0 Å². The lowest BCUT2D eigenvalue weighted by Gasteiger charge is -2.33. The minimum atomic E-state index is -4.59. The molecule has 2 aromatic carbocycles. The summed E-state index contributed by atoms with van der Waals surface area (Å²) in [5.41, 5.74) is 1.62. The second-order valence-electron chi connectivity index (χ2n) is 7.44. The van der Waals surface area contributed by atoms with Crippen molar-refractivity contribution in [2.45, 2.75) is 31.6 Å². The first-order valence-corrected chi connectivity index (χ1v) is 10.6. The number of aromatic nitrogens is 2. The van der Waals surface area contributed by atoms with Gasteiger partial charge in [0.1, 0.15) is 10.8 Å². The summed E-state index contributed by atoms with van der Waals surface area (Å²) in [4.78, 5) is 12.7. The van der Waals surface area contributed by atoms with E-state index in [0.29, 0.717) is 16.3 Å². The van der Waals surface area contributed by atoms with E-state index >= 15 is 0 Å². The molecule has 168 valence electrons. The molecule has 2 atom stereocenters. The summed E-state index contributed by atoms with van der Waals surface area (Å²) >= 11 is 18.1. The molecule has 32 heavy (non-hydrogen) atoms. The Hall–Kier alpha value is -2.42. The Morgan fingerprint density at radius 2 is 1.81 bits per heavy atom. The molecule has 1 aromatic heterocycles. The molecule has 0 unspecified atom stereocenters. The lowest BCUT2D eigenvalue weighted by molar-refractivity contribution is -0.173. The predicted octanol–water partition coefficient (Wildman–Crippen LogP) is 7.06. The number of rotatable bonds is 3. The van der Waals surface area contributed by atoms with E-state index < -0.39 is 24.2 Å². The van der Waals surface area contributed by atoms with Crippen LogP contribution in [0.25, 0.3) is 0 Å². The van der Waals surface area contributed by atoms with Gasteiger partial charge in [0.2, 0.25) is 0 Å². The molecule has 0 fully saturated rings. The highest BCUT2D eigenvalue weighted by atomic mass is 35.5. The molecule has 2 N–H and O–H groups in total. The lowest BCUT2D eigenvalue weighted by atomic mass is 9.96. The van der Waals surface area contributed by atoms with Crippen LogP contribution in [0.4, 0.5) is 24.7 Å². The maximum Gasteiger partial charge on any atom is 0.410 e. The van der Waals surface area contributed by atoms with Crippen LogP contribution in [0.3, 0.4) is 0 Å². The van der Waals surface area contributed by atoms with Crippen LogP contribution < -0.4 is 10.6 Å². The summed E-state index contributed by atoms with van der Waals surface area (Å²) in [6.45, 7) is 1.89. The van der Waals surface area contributed by atoms with Crippen LogP contribution in [0.2, 0.25) is 15.1 Å². The standard InChI is InChI=1S/C21H16Cl3F3N4O/c1-10-2-4-11(5-3-10)15-9-16(21(25,26)27)31-19(29-15)17(24)18(30-31)20(32)28-12-6-7-13(22)14(23)8-12/h2-8,15-16,29H,9H2,1H3,(H,28,32)/t15-,16+/m0/s1. The summed E-state index contributed by atoms with van der Waals surface area (Å²) in [5.74, 6) is -0.838. The van der Waals surface area contributed by atoms with E-state index in [9.17, 15) is 18.0 Å². The largest absolute Gasteiger partial charge is 0.410 e. The van der Waals surface area contributed by atoms with Crippen LogP contribution in [0.5, 0.6) is 0 Å². The molecule has 1 amide bonds. The van der Waals surface area contributed by atoms with Gasteiger partial charge in [0.25, 0.3) is 5.91 Å². The molecule has 1 aliphatic heterocycles. The Morgan fingerprint density at radius 3 is 2.44 bits per heavy atom.